The predicted molar refractivity (Wildman–Crippen MR) is 23.6 cm³/mol. The van der Waals surface area contributed by atoms with Crippen molar-refractivity contribution in [2.75, 3.05) is 13.1 Å². The number of hydrogen-bond donors (Lipinski definition) is 1. The van der Waals surface area contributed by atoms with Crippen LogP contribution >= 0.6 is 0 Å². The third kappa shape index (κ3) is 3.26. The van der Waals surface area contributed by atoms with E-state index in [1.165, 1.54) is 0 Å². The van der Waals surface area contributed by atoms with Gasteiger partial charge in [0, 0.05) is 32.7 Å². The molecule has 0 saturated carbocycles. The van der Waals surface area contributed by atoms with Gasteiger partial charge in [0.05, 0.1) is 0 Å². The van der Waals surface area contributed by atoms with Crippen molar-refractivity contribution in [3.8, 4) is 0 Å². The van der Waals surface area contributed by atoms with Crippen LogP contribution in [0.4, 0.5) is 0 Å². The van der Waals surface area contributed by atoms with E-state index >= 15 is 0 Å². The first kappa shape index (κ1) is 10.1. The summed E-state index contributed by atoms with van der Waals surface area (Å²) in [6.07, 6.45) is 2.19. The van der Waals surface area contributed by atoms with Gasteiger partial charge in [0.2, 0.25) is 0 Å². The molecular weight excluding hydrogens is 151 g/mol. The maximum absolute atomic E-state index is 3.06. The molecule has 0 aliphatic carbocycles. The molecule has 1 aliphatic rings. The molecule has 0 aromatic rings. The number of hydrogen-bond acceptors (Lipinski definition) is 1. The second-order valence-corrected chi connectivity index (χ2v) is 0.947. The predicted octanol–water partition coefficient (Wildman–Crippen LogP) is 0.242. The van der Waals surface area contributed by atoms with Crippen LogP contribution in [0.25, 0.3) is 0 Å². The van der Waals surface area contributed by atoms with Gasteiger partial charge in [-0.15, -0.1) is 13.1 Å². The van der Waals surface area contributed by atoms with Crippen LogP contribution in [0.2, 0.25) is 0 Å². The molecule has 1 radical (unpaired) electrons. The van der Waals surface area contributed by atoms with E-state index in [0.29, 0.717) is 0 Å². The van der Waals surface area contributed by atoms with Crippen LogP contribution < -0.4 is 5.32 Å². The molecule has 0 unspecified atom stereocenters. The molecule has 0 spiro atoms. The van der Waals surface area contributed by atoms with Gasteiger partial charge in [-0.3, -0.25) is 0 Å². The summed E-state index contributed by atoms with van der Waals surface area (Å²) >= 11 is 0. The Bertz CT molecular complexity index is 15.5. The molecule has 0 aromatic carbocycles. The Hall–Kier alpha value is 1.06. The quantitative estimate of drug-likeness (QED) is 0.500. The first-order valence-electron chi connectivity index (χ1n) is 1.52. The number of rotatable bonds is 0. The maximum Gasteiger partial charge on any atom is 0 e. The molecule has 1 N–H and O–H groups in total. The van der Waals surface area contributed by atoms with Gasteiger partial charge in [-0.05, 0) is 0 Å². The van der Waals surface area contributed by atoms with Gasteiger partial charge in [-0.2, -0.15) is 0 Å². The first-order valence-corrected chi connectivity index (χ1v) is 1.52. The van der Waals surface area contributed by atoms with Crippen LogP contribution in [-0.2, 0) is 32.7 Å². The van der Waals surface area contributed by atoms with Gasteiger partial charge in [0.15, 0.2) is 0 Å². The number of nitrogens with one attached hydrogen (secondary N) is 1. The standard InChI is InChI=1S/C3H6N.CH3.Y/c1-2-4-3-1;;/h1,4H,2-3H2;1H3;/q2*-1;. The Balaban J connectivity index is 0. The van der Waals surface area contributed by atoms with Crippen LogP contribution in [0.3, 0.4) is 0 Å². The molecule has 0 bridgehead atoms. The van der Waals surface area contributed by atoms with Gasteiger partial charge in [0.1, 0.15) is 0 Å². The molecule has 1 saturated heterocycles. The van der Waals surface area contributed by atoms with E-state index in [9.17, 15) is 0 Å². The zero-order valence-corrected chi connectivity index (χ0v) is 6.91. The van der Waals surface area contributed by atoms with Gasteiger partial charge >= 0.3 is 0 Å². The third-order valence-electron chi connectivity index (χ3n) is 0.577. The summed E-state index contributed by atoms with van der Waals surface area (Å²) in [5, 5.41) is 3.06. The molecule has 0 aromatic heterocycles. The second-order valence-electron chi connectivity index (χ2n) is 0.947. The Morgan fingerprint density at radius 1 is 1.33 bits per heavy atom. The topological polar surface area (TPSA) is 12.0 Å². The average Bonchev–Trinajstić information content (AvgIpc) is 0.722. The minimum atomic E-state index is 0. The Kier molecular flexibility index (Phi) is 10.2. The molecule has 1 rings (SSSR count). The maximum atomic E-state index is 3.06. The third-order valence-corrected chi connectivity index (χ3v) is 0.577. The van der Waals surface area contributed by atoms with Crippen molar-refractivity contribution >= 4 is 0 Å². The van der Waals surface area contributed by atoms with Gasteiger partial charge in [0.25, 0.3) is 0 Å². The zero-order valence-electron chi connectivity index (χ0n) is 4.07. The molecule has 1 nitrogen and oxygen atoms in total. The summed E-state index contributed by atoms with van der Waals surface area (Å²) in [5.74, 6) is 0. The minimum absolute atomic E-state index is 0. The van der Waals surface area contributed by atoms with Crippen LogP contribution in [0.5, 0.6) is 0 Å². The SMILES string of the molecule is [CH-]1CNC1.[CH3-].[Y]. The van der Waals surface area contributed by atoms with Crippen molar-refractivity contribution in [3.63, 3.8) is 0 Å². The average molecular weight is 160 g/mol. The van der Waals surface area contributed by atoms with Crippen LogP contribution in [0.1, 0.15) is 0 Å². The molecule has 35 valence electrons. The monoisotopic (exact) mass is 160 g/mol. The summed E-state index contributed by atoms with van der Waals surface area (Å²) in [6.45, 7) is 2.25. The second kappa shape index (κ2) is 6.06. The minimum Gasteiger partial charge on any atom is -0.376 e. The normalized spacial score (nSPS) is 16.0. The fourth-order valence-corrected chi connectivity index (χ4v) is 0.144. The van der Waals surface area contributed by atoms with E-state index in [1.807, 2.05) is 0 Å². The Labute approximate surface area is 64.8 Å². The summed E-state index contributed by atoms with van der Waals surface area (Å²) in [7, 11) is 0. The van der Waals surface area contributed by atoms with E-state index in [4.69, 9.17) is 0 Å². The Morgan fingerprint density at radius 3 is 1.50 bits per heavy atom. The molecular formula is C4H9NY-2. The van der Waals surface area contributed by atoms with E-state index in [1.54, 1.807) is 0 Å². The fourth-order valence-electron chi connectivity index (χ4n) is 0.144. The van der Waals surface area contributed by atoms with Crippen molar-refractivity contribution in [3.05, 3.63) is 13.8 Å². The molecule has 0 amide bonds. The van der Waals surface area contributed by atoms with Crippen LogP contribution in [0.15, 0.2) is 0 Å². The zero-order chi connectivity index (χ0) is 2.83. The largest absolute Gasteiger partial charge is 0.376 e. The van der Waals surface area contributed by atoms with Gasteiger partial charge in [-0.25, -0.2) is 0 Å². The van der Waals surface area contributed by atoms with E-state index in [2.05, 4.69) is 11.7 Å². The smallest absolute Gasteiger partial charge is 0 e. The summed E-state index contributed by atoms with van der Waals surface area (Å²) < 4.78 is 0. The summed E-state index contributed by atoms with van der Waals surface area (Å²) in [6, 6.07) is 0. The molecule has 1 heterocycles. The molecule has 2 heteroatoms. The van der Waals surface area contributed by atoms with Crippen LogP contribution in [-0.4, -0.2) is 13.1 Å². The van der Waals surface area contributed by atoms with E-state index < -0.39 is 0 Å². The molecule has 6 heavy (non-hydrogen) atoms. The van der Waals surface area contributed by atoms with Crippen molar-refractivity contribution in [2.45, 2.75) is 0 Å². The molecule has 1 aliphatic heterocycles. The van der Waals surface area contributed by atoms with E-state index in [0.717, 1.165) is 13.1 Å². The van der Waals surface area contributed by atoms with Gasteiger partial charge < -0.3 is 19.2 Å². The van der Waals surface area contributed by atoms with Crippen molar-refractivity contribution in [1.29, 1.82) is 0 Å². The van der Waals surface area contributed by atoms with Crippen molar-refractivity contribution in [1.82, 2.24) is 5.32 Å². The van der Waals surface area contributed by atoms with Crippen molar-refractivity contribution < 1.29 is 32.7 Å². The fraction of sp³-hybridized carbons (Fsp3) is 0.500. The van der Waals surface area contributed by atoms with Crippen molar-refractivity contribution in [2.24, 2.45) is 0 Å². The summed E-state index contributed by atoms with van der Waals surface area (Å²) in [4.78, 5) is 0. The Morgan fingerprint density at radius 2 is 1.50 bits per heavy atom. The van der Waals surface area contributed by atoms with E-state index in [-0.39, 0.29) is 40.1 Å². The van der Waals surface area contributed by atoms with Crippen LogP contribution in [0, 0.1) is 13.8 Å². The summed E-state index contributed by atoms with van der Waals surface area (Å²) in [5.41, 5.74) is 0. The molecule has 0 atom stereocenters. The van der Waals surface area contributed by atoms with Gasteiger partial charge in [-0.1, -0.05) is 0 Å². The first-order chi connectivity index (χ1) is 2.00. The molecule has 1 fully saturated rings.